The fraction of sp³-hybridized carbons (Fsp3) is 0.333. The molecule has 70 valence electrons. The van der Waals surface area contributed by atoms with Crippen molar-refractivity contribution in [2.24, 2.45) is 0 Å². The molecule has 7 nitrogen and oxygen atoms in total. The molecule has 7 heteroatoms. The van der Waals surface area contributed by atoms with Gasteiger partial charge in [0.2, 0.25) is 0 Å². The van der Waals surface area contributed by atoms with Gasteiger partial charge in [-0.3, -0.25) is 4.63 Å². The molecule has 13 heavy (non-hydrogen) atoms. The van der Waals surface area contributed by atoms with Crippen LogP contribution in [0.15, 0.2) is 16.8 Å². The SMILES string of the molecule is C/C=C/Cc1c([N+](=O)[O-])no[n+]1[O-]. The van der Waals surface area contributed by atoms with Crippen molar-refractivity contribution in [1.29, 1.82) is 0 Å². The summed E-state index contributed by atoms with van der Waals surface area (Å²) in [6.07, 6.45) is 3.42. The summed E-state index contributed by atoms with van der Waals surface area (Å²) in [5.74, 6) is -0.534. The molecule has 0 fully saturated rings. The van der Waals surface area contributed by atoms with Crippen LogP contribution < -0.4 is 4.90 Å². The predicted octanol–water partition coefficient (Wildman–Crippen LogP) is 0.335. The lowest BCUT2D eigenvalue weighted by molar-refractivity contribution is -0.807. The first-order valence-corrected chi connectivity index (χ1v) is 3.51. The second-order valence-corrected chi connectivity index (χ2v) is 2.23. The summed E-state index contributed by atoms with van der Waals surface area (Å²) in [6.45, 7) is 1.74. The van der Waals surface area contributed by atoms with E-state index in [4.69, 9.17) is 0 Å². The van der Waals surface area contributed by atoms with Crippen LogP contribution in [-0.2, 0) is 6.42 Å². The normalized spacial score (nSPS) is 10.8. The van der Waals surface area contributed by atoms with Gasteiger partial charge in [0, 0.05) is 6.42 Å². The first kappa shape index (κ1) is 9.17. The molecule has 0 saturated carbocycles. The van der Waals surface area contributed by atoms with Gasteiger partial charge in [0.1, 0.15) is 0 Å². The van der Waals surface area contributed by atoms with E-state index in [0.717, 1.165) is 0 Å². The van der Waals surface area contributed by atoms with E-state index in [1.807, 2.05) is 0 Å². The van der Waals surface area contributed by atoms with Crippen molar-refractivity contribution in [1.82, 2.24) is 5.16 Å². The summed E-state index contributed by atoms with van der Waals surface area (Å²) < 4.78 is 4.09. The minimum absolute atomic E-state index is 0.0398. The van der Waals surface area contributed by atoms with E-state index < -0.39 is 10.7 Å². The van der Waals surface area contributed by atoms with Crippen molar-refractivity contribution < 1.29 is 14.5 Å². The molecule has 0 aromatic carbocycles. The highest BCUT2D eigenvalue weighted by atomic mass is 16.8. The average Bonchev–Trinajstić information content (AvgIpc) is 2.43. The van der Waals surface area contributed by atoms with Gasteiger partial charge in [0.25, 0.3) is 5.69 Å². The lowest BCUT2D eigenvalue weighted by Crippen LogP contribution is -2.27. The molecule has 0 aliphatic heterocycles. The maximum atomic E-state index is 10.8. The van der Waals surface area contributed by atoms with Crippen LogP contribution in [0.1, 0.15) is 12.6 Å². The Balaban J connectivity index is 3.01. The van der Waals surface area contributed by atoms with Crippen molar-refractivity contribution in [3.63, 3.8) is 0 Å². The highest BCUT2D eigenvalue weighted by Gasteiger charge is 2.23. The van der Waals surface area contributed by atoms with Gasteiger partial charge in [-0.1, -0.05) is 12.2 Å². The Morgan fingerprint density at radius 2 is 2.46 bits per heavy atom. The van der Waals surface area contributed by atoms with Crippen molar-refractivity contribution in [2.45, 2.75) is 13.3 Å². The van der Waals surface area contributed by atoms with Crippen LogP contribution in [-0.4, -0.2) is 10.1 Å². The number of nitrogens with zero attached hydrogens (tertiary/aromatic N) is 3. The molecule has 0 saturated heterocycles. The van der Waals surface area contributed by atoms with Crippen LogP contribution in [0, 0.1) is 15.3 Å². The molecule has 0 unspecified atom stereocenters. The summed E-state index contributed by atoms with van der Waals surface area (Å²) in [5.41, 5.74) is -0.0944. The topological polar surface area (TPSA) is 96.1 Å². The summed E-state index contributed by atoms with van der Waals surface area (Å²) in [5, 5.41) is 24.1. The summed E-state index contributed by atoms with van der Waals surface area (Å²) >= 11 is 0. The first-order chi connectivity index (χ1) is 6.16. The van der Waals surface area contributed by atoms with Gasteiger partial charge in [-0.25, -0.2) is 0 Å². The second kappa shape index (κ2) is 3.65. The van der Waals surface area contributed by atoms with Gasteiger partial charge in [0.05, 0.1) is 5.16 Å². The molecule has 0 N–H and O–H groups in total. The van der Waals surface area contributed by atoms with E-state index in [1.54, 1.807) is 19.1 Å². The molecule has 1 heterocycles. The molecule has 1 aromatic heterocycles. The Labute approximate surface area is 72.9 Å². The first-order valence-electron chi connectivity index (χ1n) is 3.51. The molecular weight excluding hydrogens is 178 g/mol. The Bertz CT molecular complexity index is 344. The van der Waals surface area contributed by atoms with Crippen molar-refractivity contribution in [2.75, 3.05) is 0 Å². The Morgan fingerprint density at radius 3 is 3.00 bits per heavy atom. The van der Waals surface area contributed by atoms with Crippen LogP contribution in [0.2, 0.25) is 0 Å². The van der Waals surface area contributed by atoms with Gasteiger partial charge in [-0.05, 0) is 16.8 Å². The van der Waals surface area contributed by atoms with E-state index in [2.05, 4.69) is 9.79 Å². The molecule has 0 bridgehead atoms. The average molecular weight is 185 g/mol. The van der Waals surface area contributed by atoms with Crippen LogP contribution in [0.25, 0.3) is 0 Å². The molecular formula is C6H7N3O4. The van der Waals surface area contributed by atoms with Crippen LogP contribution >= 0.6 is 0 Å². The monoisotopic (exact) mass is 185 g/mol. The fourth-order valence-electron chi connectivity index (χ4n) is 0.793. The van der Waals surface area contributed by atoms with Crippen LogP contribution in [0.5, 0.6) is 0 Å². The molecule has 0 radical (unpaired) electrons. The van der Waals surface area contributed by atoms with Gasteiger partial charge < -0.3 is 15.3 Å². The van der Waals surface area contributed by atoms with Gasteiger partial charge >= 0.3 is 5.82 Å². The van der Waals surface area contributed by atoms with Crippen molar-refractivity contribution in [3.8, 4) is 0 Å². The zero-order chi connectivity index (χ0) is 9.84. The minimum atomic E-state index is -0.753. The predicted molar refractivity (Wildman–Crippen MR) is 40.6 cm³/mol. The van der Waals surface area contributed by atoms with E-state index in [0.29, 0.717) is 0 Å². The number of nitro groups is 1. The Kier molecular flexibility index (Phi) is 2.58. The number of allylic oxidation sites excluding steroid dienone is 2. The smallest absolute Gasteiger partial charge is 0.359 e. The lowest BCUT2D eigenvalue weighted by atomic mass is 10.3. The number of aromatic nitrogens is 2. The van der Waals surface area contributed by atoms with Gasteiger partial charge in [-0.2, -0.15) is 0 Å². The quantitative estimate of drug-likeness (QED) is 0.292. The Morgan fingerprint density at radius 1 is 1.77 bits per heavy atom. The second-order valence-electron chi connectivity index (χ2n) is 2.23. The number of rotatable bonds is 3. The van der Waals surface area contributed by atoms with E-state index in [-0.39, 0.29) is 17.0 Å². The van der Waals surface area contributed by atoms with E-state index >= 15 is 0 Å². The number of hydrogen-bond acceptors (Lipinski definition) is 5. The highest BCUT2D eigenvalue weighted by Crippen LogP contribution is 2.11. The molecule has 0 aliphatic rings. The van der Waals surface area contributed by atoms with Crippen molar-refractivity contribution in [3.05, 3.63) is 33.2 Å². The third-order valence-corrected chi connectivity index (χ3v) is 1.40. The molecule has 0 spiro atoms. The zero-order valence-corrected chi connectivity index (χ0v) is 6.84. The highest BCUT2D eigenvalue weighted by molar-refractivity contribution is 5.21. The van der Waals surface area contributed by atoms with Gasteiger partial charge in [-0.15, -0.1) is 0 Å². The molecule has 1 aromatic rings. The molecule has 0 aliphatic carbocycles. The molecule has 0 atom stereocenters. The van der Waals surface area contributed by atoms with Gasteiger partial charge in [0.15, 0.2) is 0 Å². The third kappa shape index (κ3) is 1.81. The maximum Gasteiger partial charge on any atom is 0.436 e. The van der Waals surface area contributed by atoms with Crippen LogP contribution in [0.4, 0.5) is 5.82 Å². The fourth-order valence-corrected chi connectivity index (χ4v) is 0.793. The third-order valence-electron chi connectivity index (χ3n) is 1.40. The maximum absolute atomic E-state index is 10.8. The Hall–Kier alpha value is -1.92. The number of hydrogen-bond donors (Lipinski definition) is 0. The largest absolute Gasteiger partial charge is 0.436 e. The van der Waals surface area contributed by atoms with Crippen molar-refractivity contribution >= 4 is 5.82 Å². The summed E-state index contributed by atoms with van der Waals surface area (Å²) in [7, 11) is 0. The van der Waals surface area contributed by atoms with E-state index in [1.165, 1.54) is 0 Å². The summed E-state index contributed by atoms with van der Waals surface area (Å²) in [6, 6.07) is 0. The standard InChI is InChI=1S/C6H7N3O4/c1-2-3-4-5-6(8(10)11)7-13-9(5)12/h2-3H,4H2,1H3/b3-2+. The molecule has 1 rings (SSSR count). The zero-order valence-electron chi connectivity index (χ0n) is 6.84. The van der Waals surface area contributed by atoms with E-state index in [9.17, 15) is 15.3 Å². The minimum Gasteiger partial charge on any atom is -0.359 e. The summed E-state index contributed by atoms with van der Waals surface area (Å²) in [4.78, 5) is 9.59. The lowest BCUT2D eigenvalue weighted by Gasteiger charge is -1.91. The molecule has 0 amide bonds. The van der Waals surface area contributed by atoms with Crippen LogP contribution in [0.3, 0.4) is 0 Å².